The number of benzene rings is 2. The van der Waals surface area contributed by atoms with E-state index in [1.807, 2.05) is 29.8 Å². The molecule has 0 aliphatic heterocycles. The van der Waals surface area contributed by atoms with Crippen LogP contribution in [0.5, 0.6) is 0 Å². The standard InChI is InChI=1S/C24H26N4O3S/c1-16-25-12-13-28(16)20-10-8-17(9-11-20)15-32(30,31)27-24(29)26-23-21-6-2-4-18(21)14-19-5-3-7-22(19)23/h8-14H,2-7,15H2,1H3,(H2,26,27,29). The number of hydrogen-bond acceptors (Lipinski definition) is 4. The van der Waals surface area contributed by atoms with Gasteiger partial charge in [0.2, 0.25) is 10.0 Å². The summed E-state index contributed by atoms with van der Waals surface area (Å²) in [7, 11) is -3.84. The molecule has 2 amide bonds. The molecule has 5 rings (SSSR count). The second-order valence-electron chi connectivity index (χ2n) is 8.56. The molecule has 0 fully saturated rings. The van der Waals surface area contributed by atoms with E-state index in [0.717, 1.165) is 55.7 Å². The maximum atomic E-state index is 12.7. The zero-order chi connectivity index (χ0) is 22.3. The van der Waals surface area contributed by atoms with Crippen molar-refractivity contribution in [2.45, 2.75) is 51.2 Å². The van der Waals surface area contributed by atoms with Crippen molar-refractivity contribution in [3.05, 3.63) is 76.4 Å². The Kier molecular flexibility index (Phi) is 5.25. The maximum absolute atomic E-state index is 12.7. The zero-order valence-corrected chi connectivity index (χ0v) is 18.8. The number of imidazole rings is 1. The number of nitrogens with one attached hydrogen (secondary N) is 2. The molecule has 1 aromatic heterocycles. The van der Waals surface area contributed by atoms with Crippen molar-refractivity contribution in [1.82, 2.24) is 14.3 Å². The van der Waals surface area contributed by atoms with Gasteiger partial charge in [-0.2, -0.15) is 0 Å². The minimum absolute atomic E-state index is 0.269. The summed E-state index contributed by atoms with van der Waals surface area (Å²) in [4.78, 5) is 16.9. The smallest absolute Gasteiger partial charge is 0.307 e. The second-order valence-corrected chi connectivity index (χ2v) is 10.3. The van der Waals surface area contributed by atoms with Gasteiger partial charge in [-0.25, -0.2) is 22.9 Å². The van der Waals surface area contributed by atoms with Gasteiger partial charge in [-0.05, 0) is 85.4 Å². The SMILES string of the molecule is Cc1nccn1-c1ccc(CS(=O)(=O)NC(=O)Nc2c3c(cc4c2CCC4)CCC3)cc1. The number of carbonyl (C=O) groups excluding carboxylic acids is 1. The Balaban J connectivity index is 1.29. The van der Waals surface area contributed by atoms with Crippen molar-refractivity contribution in [3.63, 3.8) is 0 Å². The predicted molar refractivity (Wildman–Crippen MR) is 124 cm³/mol. The van der Waals surface area contributed by atoms with Crippen LogP contribution in [0.4, 0.5) is 10.5 Å². The van der Waals surface area contributed by atoms with Crippen LogP contribution in [0.3, 0.4) is 0 Å². The number of fused-ring (bicyclic) bond motifs is 2. The second kappa shape index (κ2) is 8.09. The molecule has 8 heteroatoms. The highest BCUT2D eigenvalue weighted by atomic mass is 32.2. The molecule has 7 nitrogen and oxygen atoms in total. The number of hydrogen-bond donors (Lipinski definition) is 2. The summed E-state index contributed by atoms with van der Waals surface area (Å²) in [6.45, 7) is 1.90. The number of nitrogens with zero attached hydrogens (tertiary/aromatic N) is 2. The first kappa shape index (κ1) is 20.8. The number of carbonyl (C=O) groups is 1. The molecular weight excluding hydrogens is 424 g/mol. The summed E-state index contributed by atoms with van der Waals surface area (Å²) < 4.78 is 29.4. The molecule has 2 N–H and O–H groups in total. The van der Waals surface area contributed by atoms with Crippen LogP contribution < -0.4 is 10.0 Å². The van der Waals surface area contributed by atoms with Gasteiger partial charge in [0.15, 0.2) is 0 Å². The average Bonchev–Trinajstić information content (AvgIpc) is 3.48. The Morgan fingerprint density at radius 3 is 2.28 bits per heavy atom. The topological polar surface area (TPSA) is 93.1 Å². The van der Waals surface area contributed by atoms with E-state index >= 15 is 0 Å². The van der Waals surface area contributed by atoms with Gasteiger partial charge in [-0.1, -0.05) is 18.2 Å². The highest BCUT2D eigenvalue weighted by molar-refractivity contribution is 7.89. The summed E-state index contributed by atoms with van der Waals surface area (Å²) >= 11 is 0. The molecule has 0 unspecified atom stereocenters. The van der Waals surface area contributed by atoms with Gasteiger partial charge < -0.3 is 9.88 Å². The first-order valence-corrected chi connectivity index (χ1v) is 12.6. The molecule has 2 aliphatic rings. The number of urea groups is 1. The van der Waals surface area contributed by atoms with E-state index in [9.17, 15) is 13.2 Å². The van der Waals surface area contributed by atoms with E-state index in [4.69, 9.17) is 0 Å². The molecule has 0 saturated heterocycles. The van der Waals surface area contributed by atoms with Crippen LogP contribution in [-0.4, -0.2) is 24.0 Å². The van der Waals surface area contributed by atoms with E-state index < -0.39 is 16.1 Å². The highest BCUT2D eigenvalue weighted by Gasteiger charge is 2.26. The maximum Gasteiger partial charge on any atom is 0.332 e. The Labute approximate surface area is 187 Å². The van der Waals surface area contributed by atoms with Gasteiger partial charge in [0.05, 0.1) is 5.75 Å². The van der Waals surface area contributed by atoms with Crippen LogP contribution in [0.25, 0.3) is 5.69 Å². The predicted octanol–water partition coefficient (Wildman–Crippen LogP) is 3.81. The quantitative estimate of drug-likeness (QED) is 0.618. The van der Waals surface area contributed by atoms with Gasteiger partial charge in [-0.3, -0.25) is 0 Å². The number of rotatable bonds is 5. The van der Waals surface area contributed by atoms with Crippen molar-refractivity contribution in [2.75, 3.05) is 5.32 Å². The average molecular weight is 451 g/mol. The van der Waals surface area contributed by atoms with Crippen molar-refractivity contribution in [3.8, 4) is 5.69 Å². The lowest BCUT2D eigenvalue weighted by molar-refractivity contribution is 0.256. The Hall–Kier alpha value is -3.13. The van der Waals surface area contributed by atoms with Crippen molar-refractivity contribution < 1.29 is 13.2 Å². The molecule has 0 saturated carbocycles. The third kappa shape index (κ3) is 4.02. The normalized spacial score (nSPS) is 14.8. The summed E-state index contributed by atoms with van der Waals surface area (Å²) in [5.74, 6) is 0.580. The Bertz CT molecular complexity index is 1260. The molecule has 2 aliphatic carbocycles. The molecule has 0 radical (unpaired) electrons. The molecule has 0 bridgehead atoms. The molecule has 1 heterocycles. The minimum Gasteiger partial charge on any atom is -0.307 e. The number of sulfonamides is 1. The van der Waals surface area contributed by atoms with Crippen molar-refractivity contribution >= 4 is 21.7 Å². The summed E-state index contributed by atoms with van der Waals surface area (Å²) in [5, 5.41) is 2.88. The minimum atomic E-state index is -3.84. The van der Waals surface area contributed by atoms with Crippen LogP contribution in [-0.2, 0) is 41.5 Å². The molecular formula is C24H26N4O3S. The van der Waals surface area contributed by atoms with E-state index in [-0.39, 0.29) is 5.75 Å². The van der Waals surface area contributed by atoms with E-state index in [2.05, 4.69) is 21.1 Å². The monoisotopic (exact) mass is 450 g/mol. The lowest BCUT2D eigenvalue weighted by atomic mass is 9.99. The highest BCUT2D eigenvalue weighted by Crippen LogP contribution is 2.38. The van der Waals surface area contributed by atoms with Crippen molar-refractivity contribution in [2.24, 2.45) is 0 Å². The lowest BCUT2D eigenvalue weighted by Crippen LogP contribution is -2.35. The van der Waals surface area contributed by atoms with Gasteiger partial charge in [0.25, 0.3) is 0 Å². The fraction of sp³-hybridized carbons (Fsp3) is 0.333. The zero-order valence-electron chi connectivity index (χ0n) is 18.0. The summed E-state index contributed by atoms with van der Waals surface area (Å²) in [6, 6.07) is 8.78. The van der Waals surface area contributed by atoms with Gasteiger partial charge in [0, 0.05) is 23.8 Å². The lowest BCUT2D eigenvalue weighted by Gasteiger charge is -2.16. The number of aryl methyl sites for hydroxylation is 3. The molecule has 0 atom stereocenters. The van der Waals surface area contributed by atoms with E-state index in [1.54, 1.807) is 18.3 Å². The van der Waals surface area contributed by atoms with Crippen LogP contribution >= 0.6 is 0 Å². The number of amides is 2. The molecule has 166 valence electrons. The van der Waals surface area contributed by atoms with Crippen LogP contribution in [0.2, 0.25) is 0 Å². The van der Waals surface area contributed by atoms with Crippen molar-refractivity contribution in [1.29, 1.82) is 0 Å². The molecule has 2 aromatic carbocycles. The Morgan fingerprint density at radius 1 is 1.03 bits per heavy atom. The fourth-order valence-electron chi connectivity index (χ4n) is 4.91. The molecule has 32 heavy (non-hydrogen) atoms. The third-order valence-corrected chi connectivity index (χ3v) is 7.57. The van der Waals surface area contributed by atoms with E-state index in [1.165, 1.54) is 22.3 Å². The third-order valence-electron chi connectivity index (χ3n) is 6.36. The van der Waals surface area contributed by atoms with Gasteiger partial charge in [0.1, 0.15) is 5.82 Å². The van der Waals surface area contributed by atoms with Crippen LogP contribution in [0.15, 0.2) is 42.7 Å². The first-order chi connectivity index (χ1) is 15.4. The van der Waals surface area contributed by atoms with Crippen LogP contribution in [0, 0.1) is 6.92 Å². The summed E-state index contributed by atoms with van der Waals surface area (Å²) in [5.41, 5.74) is 7.26. The summed E-state index contributed by atoms with van der Waals surface area (Å²) in [6.07, 6.45) is 9.60. The van der Waals surface area contributed by atoms with Crippen LogP contribution in [0.1, 0.15) is 46.5 Å². The van der Waals surface area contributed by atoms with Gasteiger partial charge in [-0.15, -0.1) is 0 Å². The molecule has 3 aromatic rings. The Morgan fingerprint density at radius 2 is 1.69 bits per heavy atom. The number of aromatic nitrogens is 2. The largest absolute Gasteiger partial charge is 0.332 e. The first-order valence-electron chi connectivity index (χ1n) is 11.0. The van der Waals surface area contributed by atoms with E-state index in [0.29, 0.717) is 5.56 Å². The molecule has 0 spiro atoms. The van der Waals surface area contributed by atoms with Gasteiger partial charge >= 0.3 is 6.03 Å². The number of anilines is 1. The fourth-order valence-corrected chi connectivity index (χ4v) is 5.94.